The van der Waals surface area contributed by atoms with Crippen molar-refractivity contribution in [3.8, 4) is 0 Å². The highest BCUT2D eigenvalue weighted by Crippen LogP contribution is 2.25. The molecule has 2 rings (SSSR count). The van der Waals surface area contributed by atoms with Crippen LogP contribution in [0.25, 0.3) is 0 Å². The van der Waals surface area contributed by atoms with E-state index in [9.17, 15) is 4.79 Å². The fourth-order valence-electron chi connectivity index (χ4n) is 2.65. The number of nitrogens with two attached hydrogens (primary N) is 1. The second kappa shape index (κ2) is 6.59. The summed E-state index contributed by atoms with van der Waals surface area (Å²) < 4.78 is 0.811. The van der Waals surface area contributed by atoms with Crippen LogP contribution < -0.4 is 11.1 Å². The van der Waals surface area contributed by atoms with Crippen molar-refractivity contribution in [2.45, 2.75) is 32.7 Å². The molecular weight excluding hydrogens is 318 g/mol. The smallest absolute Gasteiger partial charge is 0.238 e. The van der Waals surface area contributed by atoms with Crippen LogP contribution in [-0.2, 0) is 4.79 Å². The van der Waals surface area contributed by atoms with Gasteiger partial charge in [0.15, 0.2) is 0 Å². The molecule has 1 saturated heterocycles. The van der Waals surface area contributed by atoms with Crippen LogP contribution in [0, 0.1) is 5.92 Å². The average Bonchev–Trinajstić information content (AvgIpc) is 2.38. The van der Waals surface area contributed by atoms with Crippen molar-refractivity contribution in [1.82, 2.24) is 4.90 Å². The predicted molar refractivity (Wildman–Crippen MR) is 86.6 cm³/mol. The highest BCUT2D eigenvalue weighted by molar-refractivity contribution is 9.10. The molecule has 0 aliphatic carbocycles. The molecule has 1 aromatic rings. The summed E-state index contributed by atoms with van der Waals surface area (Å²) in [6.45, 7) is 5.91. The van der Waals surface area contributed by atoms with Crippen molar-refractivity contribution < 1.29 is 4.79 Å². The summed E-state index contributed by atoms with van der Waals surface area (Å²) in [5.41, 5.74) is 7.13. The summed E-state index contributed by atoms with van der Waals surface area (Å²) >= 11 is 3.41. The Hall–Kier alpha value is -1.07. The van der Waals surface area contributed by atoms with E-state index in [1.54, 1.807) is 12.1 Å². The highest BCUT2D eigenvalue weighted by Gasteiger charge is 2.26. The molecule has 1 fully saturated rings. The largest absolute Gasteiger partial charge is 0.399 e. The van der Waals surface area contributed by atoms with Crippen molar-refractivity contribution >= 4 is 33.2 Å². The van der Waals surface area contributed by atoms with Crippen molar-refractivity contribution in [2.75, 3.05) is 24.1 Å². The molecule has 2 unspecified atom stereocenters. The first-order valence-electron chi connectivity index (χ1n) is 7.06. The number of benzene rings is 1. The Balaban J connectivity index is 1.95. The van der Waals surface area contributed by atoms with Gasteiger partial charge in [0.2, 0.25) is 5.91 Å². The van der Waals surface area contributed by atoms with Gasteiger partial charge in [-0.1, -0.05) is 6.92 Å². The highest BCUT2D eigenvalue weighted by atomic mass is 79.9. The molecule has 2 atom stereocenters. The number of hydrogen-bond donors (Lipinski definition) is 2. The zero-order valence-electron chi connectivity index (χ0n) is 12.0. The van der Waals surface area contributed by atoms with Gasteiger partial charge >= 0.3 is 0 Å². The van der Waals surface area contributed by atoms with Crippen LogP contribution in [0.15, 0.2) is 22.7 Å². The Morgan fingerprint density at radius 2 is 2.25 bits per heavy atom. The number of anilines is 2. The number of carbonyl (C=O) groups excluding carboxylic acids is 1. The van der Waals surface area contributed by atoms with E-state index in [2.05, 4.69) is 40.0 Å². The fraction of sp³-hybridized carbons (Fsp3) is 0.533. The second-order valence-electron chi connectivity index (χ2n) is 5.62. The Labute approximate surface area is 128 Å². The first kappa shape index (κ1) is 15.3. The number of piperidine rings is 1. The van der Waals surface area contributed by atoms with Crippen molar-refractivity contribution in [3.63, 3.8) is 0 Å². The summed E-state index contributed by atoms with van der Waals surface area (Å²) in [7, 11) is 0. The summed E-state index contributed by atoms with van der Waals surface area (Å²) in [4.78, 5) is 14.4. The minimum atomic E-state index is 0.0245. The number of hydrogen-bond acceptors (Lipinski definition) is 3. The molecule has 1 heterocycles. The van der Waals surface area contributed by atoms with Crippen LogP contribution in [-0.4, -0.2) is 29.9 Å². The Morgan fingerprint density at radius 1 is 1.50 bits per heavy atom. The van der Waals surface area contributed by atoms with Crippen LogP contribution in [0.3, 0.4) is 0 Å². The third-order valence-electron chi connectivity index (χ3n) is 4.12. The number of halogens is 1. The topological polar surface area (TPSA) is 58.4 Å². The van der Waals surface area contributed by atoms with Crippen molar-refractivity contribution in [2.24, 2.45) is 5.92 Å². The average molecular weight is 340 g/mol. The van der Waals surface area contributed by atoms with Gasteiger partial charge in [-0.05, 0) is 66.4 Å². The van der Waals surface area contributed by atoms with Gasteiger partial charge in [-0.3, -0.25) is 9.69 Å². The van der Waals surface area contributed by atoms with E-state index in [-0.39, 0.29) is 5.91 Å². The normalized spacial score (nSPS) is 23.6. The number of amides is 1. The number of nitrogens with one attached hydrogen (secondary N) is 1. The van der Waals surface area contributed by atoms with Crippen molar-refractivity contribution in [3.05, 3.63) is 22.7 Å². The molecule has 3 N–H and O–H groups in total. The number of nitrogens with zero attached hydrogens (tertiary/aromatic N) is 1. The minimum Gasteiger partial charge on any atom is -0.399 e. The van der Waals surface area contributed by atoms with Crippen molar-refractivity contribution in [1.29, 1.82) is 0 Å². The first-order chi connectivity index (χ1) is 9.47. The number of carbonyl (C=O) groups is 1. The van der Waals surface area contributed by atoms with E-state index in [0.29, 0.717) is 24.2 Å². The lowest BCUT2D eigenvalue weighted by Gasteiger charge is -2.37. The maximum atomic E-state index is 12.2. The number of likely N-dealkylation sites (tertiary alicyclic amines) is 1. The number of nitrogen functional groups attached to an aromatic ring is 1. The van der Waals surface area contributed by atoms with Gasteiger partial charge in [0.1, 0.15) is 0 Å². The molecule has 1 amide bonds. The van der Waals surface area contributed by atoms with Crippen LogP contribution in [0.5, 0.6) is 0 Å². The molecule has 0 aromatic heterocycles. The molecule has 110 valence electrons. The van der Waals surface area contributed by atoms with Gasteiger partial charge in [-0.15, -0.1) is 0 Å². The third-order valence-corrected chi connectivity index (χ3v) is 4.77. The standard InChI is InChI=1S/C15H22BrN3O/c1-10-4-3-7-19(11(10)2)9-15(20)18-14-6-5-12(17)8-13(14)16/h5-6,8,10-11H,3-4,7,9,17H2,1-2H3,(H,18,20). The van der Waals surface area contributed by atoms with Gasteiger partial charge in [-0.25, -0.2) is 0 Å². The minimum absolute atomic E-state index is 0.0245. The molecule has 0 bridgehead atoms. The van der Waals surface area contributed by atoms with Crippen LogP contribution in [0.4, 0.5) is 11.4 Å². The molecule has 1 aromatic carbocycles. The molecule has 4 nitrogen and oxygen atoms in total. The Kier molecular flexibility index (Phi) is 5.05. The lowest BCUT2D eigenvalue weighted by Crippen LogP contribution is -2.46. The van der Waals surface area contributed by atoms with Gasteiger partial charge in [0, 0.05) is 16.2 Å². The third kappa shape index (κ3) is 3.73. The molecule has 0 saturated carbocycles. The molecule has 0 radical (unpaired) electrons. The molecule has 20 heavy (non-hydrogen) atoms. The Bertz CT molecular complexity index is 492. The maximum Gasteiger partial charge on any atom is 0.238 e. The Morgan fingerprint density at radius 3 is 2.95 bits per heavy atom. The zero-order valence-corrected chi connectivity index (χ0v) is 13.6. The monoisotopic (exact) mass is 339 g/mol. The summed E-state index contributed by atoms with van der Waals surface area (Å²) in [5.74, 6) is 0.677. The summed E-state index contributed by atoms with van der Waals surface area (Å²) in [5, 5.41) is 2.94. The van der Waals surface area contributed by atoms with E-state index >= 15 is 0 Å². The molecule has 1 aliphatic rings. The van der Waals surface area contributed by atoms with Crippen LogP contribution >= 0.6 is 15.9 Å². The van der Waals surface area contributed by atoms with E-state index < -0.39 is 0 Å². The van der Waals surface area contributed by atoms with E-state index in [1.807, 2.05) is 6.07 Å². The second-order valence-corrected chi connectivity index (χ2v) is 6.47. The molecule has 1 aliphatic heterocycles. The summed E-state index contributed by atoms with van der Waals surface area (Å²) in [6, 6.07) is 5.86. The lowest BCUT2D eigenvalue weighted by atomic mass is 9.92. The fourth-order valence-corrected chi connectivity index (χ4v) is 3.15. The van der Waals surface area contributed by atoms with Crippen LogP contribution in [0.1, 0.15) is 26.7 Å². The zero-order chi connectivity index (χ0) is 14.7. The molecule has 0 spiro atoms. The molecule has 5 heteroatoms. The SMILES string of the molecule is CC1CCCN(CC(=O)Nc2ccc(N)cc2Br)C1C. The van der Waals surface area contributed by atoms with Gasteiger partial charge < -0.3 is 11.1 Å². The maximum absolute atomic E-state index is 12.2. The predicted octanol–water partition coefficient (Wildman–Crippen LogP) is 3.09. The van der Waals surface area contributed by atoms with Gasteiger partial charge in [-0.2, -0.15) is 0 Å². The van der Waals surface area contributed by atoms with E-state index in [1.165, 1.54) is 12.8 Å². The van der Waals surface area contributed by atoms with Gasteiger partial charge in [0.25, 0.3) is 0 Å². The first-order valence-corrected chi connectivity index (χ1v) is 7.85. The van der Waals surface area contributed by atoms with Gasteiger partial charge in [0.05, 0.1) is 12.2 Å². The van der Waals surface area contributed by atoms with E-state index in [0.717, 1.165) is 16.7 Å². The van der Waals surface area contributed by atoms with Crippen LogP contribution in [0.2, 0.25) is 0 Å². The quantitative estimate of drug-likeness (QED) is 0.832. The lowest BCUT2D eigenvalue weighted by molar-refractivity contribution is -0.118. The summed E-state index contributed by atoms with van der Waals surface area (Å²) in [6.07, 6.45) is 2.42. The number of rotatable bonds is 3. The van der Waals surface area contributed by atoms with E-state index in [4.69, 9.17) is 5.73 Å². The molecular formula is C15H22BrN3O.